The first-order valence-electron chi connectivity index (χ1n) is 4.91. The smallest absolute Gasteiger partial charge is 0.245 e. The van der Waals surface area contributed by atoms with Crippen LogP contribution in [0.1, 0.15) is 5.69 Å². The Morgan fingerprint density at radius 2 is 2.22 bits per heavy atom. The van der Waals surface area contributed by atoms with E-state index < -0.39 is 20.7 Å². The van der Waals surface area contributed by atoms with E-state index in [0.717, 1.165) is 6.07 Å². The number of hydrogen-bond donors (Lipinski definition) is 2. The second-order valence-corrected chi connectivity index (χ2v) is 5.89. The zero-order valence-corrected chi connectivity index (χ0v) is 10.8. The molecule has 0 atom stereocenters. The standard InChI is InChI=1S/C10H10FN3O2S2/c11-8-2-1-3-9(12)10(8)18(15,16)14-4-7-5-17-6-13-7/h1-3,5-6,14H,4,12H2. The lowest BCUT2D eigenvalue weighted by molar-refractivity contribution is 0.557. The number of sulfonamides is 1. The summed E-state index contributed by atoms with van der Waals surface area (Å²) in [5, 5.41) is 1.70. The number of nitrogen functional groups attached to an aromatic ring is 1. The zero-order valence-electron chi connectivity index (χ0n) is 9.13. The van der Waals surface area contributed by atoms with Gasteiger partial charge in [0.05, 0.1) is 23.4 Å². The van der Waals surface area contributed by atoms with Crippen LogP contribution >= 0.6 is 11.3 Å². The van der Waals surface area contributed by atoms with Gasteiger partial charge in [-0.3, -0.25) is 0 Å². The fourth-order valence-corrected chi connectivity index (χ4v) is 3.12. The lowest BCUT2D eigenvalue weighted by Crippen LogP contribution is -2.25. The fraction of sp³-hybridized carbons (Fsp3) is 0.100. The number of halogens is 1. The highest BCUT2D eigenvalue weighted by Gasteiger charge is 2.21. The summed E-state index contributed by atoms with van der Waals surface area (Å²) in [5.41, 5.74) is 7.51. The van der Waals surface area contributed by atoms with Gasteiger partial charge in [-0.05, 0) is 12.1 Å². The molecule has 1 heterocycles. The molecule has 96 valence electrons. The van der Waals surface area contributed by atoms with Crippen molar-refractivity contribution in [2.45, 2.75) is 11.4 Å². The van der Waals surface area contributed by atoms with Crippen molar-refractivity contribution in [2.75, 3.05) is 5.73 Å². The SMILES string of the molecule is Nc1cccc(F)c1S(=O)(=O)NCc1cscn1. The molecule has 0 amide bonds. The number of rotatable bonds is 4. The van der Waals surface area contributed by atoms with Gasteiger partial charge < -0.3 is 5.73 Å². The van der Waals surface area contributed by atoms with Gasteiger partial charge in [0, 0.05) is 5.38 Å². The van der Waals surface area contributed by atoms with Crippen molar-refractivity contribution in [1.29, 1.82) is 0 Å². The summed E-state index contributed by atoms with van der Waals surface area (Å²) in [7, 11) is -3.98. The van der Waals surface area contributed by atoms with Gasteiger partial charge in [0.15, 0.2) is 0 Å². The van der Waals surface area contributed by atoms with E-state index >= 15 is 0 Å². The van der Waals surface area contributed by atoms with Gasteiger partial charge >= 0.3 is 0 Å². The van der Waals surface area contributed by atoms with Crippen molar-refractivity contribution in [2.24, 2.45) is 0 Å². The third kappa shape index (κ3) is 2.66. The van der Waals surface area contributed by atoms with E-state index in [2.05, 4.69) is 9.71 Å². The number of thiazole rings is 1. The van der Waals surface area contributed by atoms with Gasteiger partial charge in [0.1, 0.15) is 10.7 Å². The van der Waals surface area contributed by atoms with Gasteiger partial charge in [0.25, 0.3) is 0 Å². The molecule has 1 aromatic heterocycles. The van der Waals surface area contributed by atoms with Crippen molar-refractivity contribution in [3.05, 3.63) is 40.6 Å². The monoisotopic (exact) mass is 287 g/mol. The second kappa shape index (κ2) is 5.01. The van der Waals surface area contributed by atoms with E-state index in [1.54, 1.807) is 10.9 Å². The van der Waals surface area contributed by atoms with E-state index in [1.165, 1.54) is 23.5 Å². The summed E-state index contributed by atoms with van der Waals surface area (Å²) in [5.74, 6) is -0.874. The van der Waals surface area contributed by atoms with Crippen molar-refractivity contribution < 1.29 is 12.8 Å². The third-order valence-electron chi connectivity index (χ3n) is 2.19. The molecule has 0 unspecified atom stereocenters. The van der Waals surface area contributed by atoms with Crippen LogP contribution in [0.2, 0.25) is 0 Å². The summed E-state index contributed by atoms with van der Waals surface area (Å²) in [6.07, 6.45) is 0. The first kappa shape index (κ1) is 12.9. The molecule has 0 saturated heterocycles. The van der Waals surface area contributed by atoms with Crippen molar-refractivity contribution in [1.82, 2.24) is 9.71 Å². The van der Waals surface area contributed by atoms with Crippen LogP contribution in [0.4, 0.5) is 10.1 Å². The van der Waals surface area contributed by atoms with E-state index in [0.29, 0.717) is 5.69 Å². The summed E-state index contributed by atoms with van der Waals surface area (Å²) in [6.45, 7) is -0.000389. The molecule has 0 fully saturated rings. The number of benzene rings is 1. The zero-order chi connectivity index (χ0) is 13.2. The molecule has 0 radical (unpaired) electrons. The molecule has 0 saturated carbocycles. The van der Waals surface area contributed by atoms with E-state index in [1.807, 2.05) is 0 Å². The van der Waals surface area contributed by atoms with Crippen LogP contribution in [0, 0.1) is 5.82 Å². The molecule has 3 N–H and O–H groups in total. The number of nitrogens with zero attached hydrogens (tertiary/aromatic N) is 1. The highest BCUT2D eigenvalue weighted by molar-refractivity contribution is 7.89. The molecule has 2 aromatic rings. The Morgan fingerprint density at radius 1 is 1.44 bits per heavy atom. The number of hydrogen-bond acceptors (Lipinski definition) is 5. The normalized spacial score (nSPS) is 11.6. The molecule has 0 spiro atoms. The summed E-state index contributed by atoms with van der Waals surface area (Å²) < 4.78 is 39.6. The molecule has 8 heteroatoms. The molecule has 18 heavy (non-hydrogen) atoms. The van der Waals surface area contributed by atoms with Crippen LogP contribution in [0.5, 0.6) is 0 Å². The Labute approximate surface area is 108 Å². The minimum absolute atomic E-state index is 0.000389. The predicted octanol–water partition coefficient (Wildman–Crippen LogP) is 1.34. The lowest BCUT2D eigenvalue weighted by atomic mass is 10.3. The molecule has 2 rings (SSSR count). The molecular formula is C10H10FN3O2S2. The molecule has 0 aliphatic carbocycles. The molecule has 1 aromatic carbocycles. The summed E-state index contributed by atoms with van der Waals surface area (Å²) in [6, 6.07) is 3.73. The topological polar surface area (TPSA) is 85.1 Å². The molecule has 0 aliphatic rings. The minimum Gasteiger partial charge on any atom is -0.398 e. The van der Waals surface area contributed by atoms with Crippen LogP contribution in [0.15, 0.2) is 34.0 Å². The summed E-state index contributed by atoms with van der Waals surface area (Å²) >= 11 is 1.35. The van der Waals surface area contributed by atoms with E-state index in [9.17, 15) is 12.8 Å². The van der Waals surface area contributed by atoms with Crippen LogP contribution in [0.25, 0.3) is 0 Å². The van der Waals surface area contributed by atoms with E-state index in [4.69, 9.17) is 5.73 Å². The molecular weight excluding hydrogens is 277 g/mol. The van der Waals surface area contributed by atoms with Crippen molar-refractivity contribution in [3.63, 3.8) is 0 Å². The number of nitrogens with one attached hydrogen (secondary N) is 1. The van der Waals surface area contributed by atoms with Gasteiger partial charge in [-0.25, -0.2) is 22.5 Å². The van der Waals surface area contributed by atoms with E-state index in [-0.39, 0.29) is 12.2 Å². The molecule has 0 bridgehead atoms. The first-order valence-corrected chi connectivity index (χ1v) is 7.34. The molecule has 0 aliphatic heterocycles. The van der Waals surface area contributed by atoms with Gasteiger partial charge in [-0.2, -0.15) is 0 Å². The minimum atomic E-state index is -3.98. The Balaban J connectivity index is 2.26. The van der Waals surface area contributed by atoms with Gasteiger partial charge in [0.2, 0.25) is 10.0 Å². The Kier molecular flexibility index (Phi) is 3.60. The average molecular weight is 287 g/mol. The Hall–Kier alpha value is -1.51. The van der Waals surface area contributed by atoms with Crippen LogP contribution in [-0.4, -0.2) is 13.4 Å². The highest BCUT2D eigenvalue weighted by Crippen LogP contribution is 2.21. The fourth-order valence-electron chi connectivity index (χ4n) is 1.37. The van der Waals surface area contributed by atoms with Gasteiger partial charge in [-0.1, -0.05) is 6.07 Å². The maximum Gasteiger partial charge on any atom is 0.245 e. The predicted molar refractivity (Wildman–Crippen MR) is 67.0 cm³/mol. The Bertz CT molecular complexity index is 621. The largest absolute Gasteiger partial charge is 0.398 e. The maximum atomic E-state index is 13.5. The van der Waals surface area contributed by atoms with Crippen molar-refractivity contribution in [3.8, 4) is 0 Å². The quantitative estimate of drug-likeness (QED) is 0.831. The number of anilines is 1. The van der Waals surface area contributed by atoms with Crippen LogP contribution < -0.4 is 10.5 Å². The first-order chi connectivity index (χ1) is 8.50. The highest BCUT2D eigenvalue weighted by atomic mass is 32.2. The Morgan fingerprint density at radius 3 is 2.83 bits per heavy atom. The number of aromatic nitrogens is 1. The number of nitrogens with two attached hydrogens (primary N) is 1. The summed E-state index contributed by atoms with van der Waals surface area (Å²) in [4.78, 5) is 3.40. The average Bonchev–Trinajstić information content (AvgIpc) is 2.78. The lowest BCUT2D eigenvalue weighted by Gasteiger charge is -2.08. The second-order valence-electron chi connectivity index (χ2n) is 3.46. The molecule has 5 nitrogen and oxygen atoms in total. The van der Waals surface area contributed by atoms with Crippen molar-refractivity contribution >= 4 is 27.0 Å². The van der Waals surface area contributed by atoms with Crippen LogP contribution in [-0.2, 0) is 16.6 Å². The third-order valence-corrected chi connectivity index (χ3v) is 4.32. The van der Waals surface area contributed by atoms with Crippen LogP contribution in [0.3, 0.4) is 0 Å². The van der Waals surface area contributed by atoms with Gasteiger partial charge in [-0.15, -0.1) is 11.3 Å². The maximum absolute atomic E-state index is 13.5.